The van der Waals surface area contributed by atoms with E-state index in [1.165, 1.54) is 0 Å². The number of hydroxylamine groups is 1. The minimum Gasteiger partial charge on any atom is -0.497 e. The van der Waals surface area contributed by atoms with E-state index >= 15 is 0 Å². The molecule has 0 heterocycles. The van der Waals surface area contributed by atoms with Crippen molar-refractivity contribution in [2.75, 3.05) is 20.8 Å². The Morgan fingerprint density at radius 2 is 2.20 bits per heavy atom. The van der Waals surface area contributed by atoms with Crippen molar-refractivity contribution in [3.8, 4) is 5.75 Å². The van der Waals surface area contributed by atoms with Gasteiger partial charge in [0, 0.05) is 7.05 Å². The van der Waals surface area contributed by atoms with Gasteiger partial charge in [-0.15, -0.1) is 5.17 Å². The summed E-state index contributed by atoms with van der Waals surface area (Å²) < 4.78 is 5.15. The van der Waals surface area contributed by atoms with Crippen LogP contribution < -0.4 is 10.2 Å². The predicted octanol–water partition coefficient (Wildman–Crippen LogP) is 1.58. The molecule has 0 radical (unpaired) electrons. The van der Waals surface area contributed by atoms with Gasteiger partial charge in [-0.1, -0.05) is 12.1 Å². The van der Waals surface area contributed by atoms with Crippen LogP contribution in [-0.4, -0.2) is 25.9 Å². The second-order valence-corrected chi connectivity index (χ2v) is 3.03. The predicted molar refractivity (Wildman–Crippen MR) is 59.2 cm³/mol. The molecule has 0 amide bonds. The molecule has 0 saturated heterocycles. The molecule has 1 aromatic carbocycles. The molecule has 0 aliphatic heterocycles. The topological polar surface area (TPSA) is 33.7 Å². The highest BCUT2D eigenvalue weighted by Crippen LogP contribution is 2.13. The van der Waals surface area contributed by atoms with Gasteiger partial charge in [0.05, 0.1) is 20.3 Å². The van der Waals surface area contributed by atoms with Crippen LogP contribution in [0.4, 0.5) is 0 Å². The molecule has 1 aromatic rings. The summed E-state index contributed by atoms with van der Waals surface area (Å²) in [4.78, 5) is 5.35. The third-order valence-electron chi connectivity index (χ3n) is 1.99. The first kappa shape index (κ1) is 12.0. The first-order valence-corrected chi connectivity index (χ1v) is 5.01. The number of hydrogen-bond donors (Lipinski definition) is 1. The van der Waals surface area contributed by atoms with Gasteiger partial charge in [0.2, 0.25) is 0 Å². The van der Waals surface area contributed by atoms with E-state index in [1.54, 1.807) is 12.3 Å². The molecule has 1 N–H and O–H groups in total. The first-order valence-electron chi connectivity index (χ1n) is 5.01. The molecule has 84 valence electrons. The summed E-state index contributed by atoms with van der Waals surface area (Å²) in [6.07, 6.45) is 0. The Bertz CT molecular complexity index is 292. The third kappa shape index (κ3) is 3.87. The molecule has 0 saturated carbocycles. The summed E-state index contributed by atoms with van der Waals surface area (Å²) in [6, 6.07) is 7.91. The lowest BCUT2D eigenvalue weighted by molar-refractivity contribution is -0.194. The van der Waals surface area contributed by atoms with Crippen LogP contribution >= 0.6 is 0 Å². The van der Waals surface area contributed by atoms with E-state index < -0.39 is 0 Å². The molecule has 4 nitrogen and oxygen atoms in total. The van der Waals surface area contributed by atoms with Crippen molar-refractivity contribution in [3.05, 3.63) is 29.8 Å². The Labute approximate surface area is 90.7 Å². The minimum atomic E-state index is 0.644. The molecule has 0 atom stereocenters. The van der Waals surface area contributed by atoms with Crippen molar-refractivity contribution in [2.24, 2.45) is 0 Å². The van der Waals surface area contributed by atoms with Crippen LogP contribution in [0.25, 0.3) is 0 Å². The molecule has 1 rings (SSSR count). The molecule has 0 aliphatic carbocycles. The maximum atomic E-state index is 5.35. The fourth-order valence-electron chi connectivity index (χ4n) is 1.28. The van der Waals surface area contributed by atoms with Gasteiger partial charge in [-0.25, -0.2) is 5.43 Å². The number of methoxy groups -OCH3 is 1. The highest BCUT2D eigenvalue weighted by Gasteiger charge is 2.03. The van der Waals surface area contributed by atoms with Crippen molar-refractivity contribution in [2.45, 2.75) is 13.5 Å². The quantitative estimate of drug-likeness (QED) is 0.723. The average molecular weight is 210 g/mol. The molecular formula is C11H18N2O2. The molecule has 0 unspecified atom stereocenters. The fraction of sp³-hybridized carbons (Fsp3) is 0.455. The molecule has 0 aromatic heterocycles. The van der Waals surface area contributed by atoms with Gasteiger partial charge in [-0.2, -0.15) is 0 Å². The molecular weight excluding hydrogens is 192 g/mol. The van der Waals surface area contributed by atoms with Gasteiger partial charge in [-0.3, -0.25) is 4.84 Å². The van der Waals surface area contributed by atoms with Crippen LogP contribution in [0.2, 0.25) is 0 Å². The third-order valence-corrected chi connectivity index (χ3v) is 1.99. The number of ether oxygens (including phenoxy) is 1. The van der Waals surface area contributed by atoms with Gasteiger partial charge < -0.3 is 4.74 Å². The van der Waals surface area contributed by atoms with E-state index in [9.17, 15) is 0 Å². The number of benzene rings is 1. The fourth-order valence-corrected chi connectivity index (χ4v) is 1.28. The largest absolute Gasteiger partial charge is 0.497 e. The van der Waals surface area contributed by atoms with Crippen LogP contribution in [0.15, 0.2) is 24.3 Å². The number of rotatable bonds is 6. The van der Waals surface area contributed by atoms with Crippen LogP contribution in [0.5, 0.6) is 5.75 Å². The highest BCUT2D eigenvalue weighted by atomic mass is 16.7. The molecule has 0 bridgehead atoms. The number of hydrogen-bond acceptors (Lipinski definition) is 4. The van der Waals surface area contributed by atoms with Gasteiger partial charge in [-0.05, 0) is 24.6 Å². The van der Waals surface area contributed by atoms with Crippen LogP contribution in [0.3, 0.4) is 0 Å². The summed E-state index contributed by atoms with van der Waals surface area (Å²) in [5, 5.41) is 1.69. The van der Waals surface area contributed by atoms with Gasteiger partial charge >= 0.3 is 0 Å². The summed E-state index contributed by atoms with van der Waals surface area (Å²) in [6.45, 7) is 3.28. The van der Waals surface area contributed by atoms with Crippen molar-refractivity contribution in [1.82, 2.24) is 10.6 Å². The van der Waals surface area contributed by atoms with Gasteiger partial charge in [0.1, 0.15) is 5.75 Å². The molecule has 0 aliphatic rings. The molecule has 4 heteroatoms. The van der Waals surface area contributed by atoms with E-state index in [2.05, 4.69) is 5.43 Å². The Morgan fingerprint density at radius 3 is 2.80 bits per heavy atom. The number of hydrazine groups is 1. The SMILES string of the molecule is CCON(Cc1cccc(OC)c1)NC. The monoisotopic (exact) mass is 210 g/mol. The summed E-state index contributed by atoms with van der Waals surface area (Å²) in [5.74, 6) is 0.861. The zero-order valence-corrected chi connectivity index (χ0v) is 9.49. The first-order chi connectivity index (χ1) is 7.30. The normalized spacial score (nSPS) is 10.7. The zero-order chi connectivity index (χ0) is 11.1. The standard InChI is InChI=1S/C11H18N2O2/c1-4-15-13(12-2)9-10-6-5-7-11(8-10)14-3/h5-8,12H,4,9H2,1-3H3. The van der Waals surface area contributed by atoms with Crippen LogP contribution in [0.1, 0.15) is 12.5 Å². The minimum absolute atomic E-state index is 0.644. The maximum Gasteiger partial charge on any atom is 0.119 e. The van der Waals surface area contributed by atoms with E-state index in [0.717, 1.165) is 11.3 Å². The summed E-state index contributed by atoms with van der Waals surface area (Å²) in [7, 11) is 3.49. The molecule has 0 fully saturated rings. The highest BCUT2D eigenvalue weighted by molar-refractivity contribution is 5.28. The summed E-state index contributed by atoms with van der Waals surface area (Å²) in [5.41, 5.74) is 4.10. The summed E-state index contributed by atoms with van der Waals surface area (Å²) >= 11 is 0. The Morgan fingerprint density at radius 1 is 1.40 bits per heavy atom. The average Bonchev–Trinajstić information content (AvgIpc) is 2.29. The lowest BCUT2D eigenvalue weighted by Gasteiger charge is -2.19. The second-order valence-electron chi connectivity index (χ2n) is 3.03. The Kier molecular flexibility index (Phi) is 5.10. The second kappa shape index (κ2) is 6.40. The van der Waals surface area contributed by atoms with Crippen molar-refractivity contribution in [1.29, 1.82) is 0 Å². The van der Waals surface area contributed by atoms with Crippen LogP contribution in [-0.2, 0) is 11.4 Å². The van der Waals surface area contributed by atoms with Crippen molar-refractivity contribution in [3.63, 3.8) is 0 Å². The van der Waals surface area contributed by atoms with E-state index in [0.29, 0.717) is 13.2 Å². The Balaban J connectivity index is 2.61. The van der Waals surface area contributed by atoms with E-state index in [-0.39, 0.29) is 0 Å². The van der Waals surface area contributed by atoms with Crippen molar-refractivity contribution >= 4 is 0 Å². The van der Waals surface area contributed by atoms with Gasteiger partial charge in [0.15, 0.2) is 0 Å². The maximum absolute atomic E-state index is 5.35. The Hall–Kier alpha value is -1.10. The smallest absolute Gasteiger partial charge is 0.119 e. The lowest BCUT2D eigenvalue weighted by Crippen LogP contribution is -2.34. The van der Waals surface area contributed by atoms with Crippen molar-refractivity contribution < 1.29 is 9.57 Å². The van der Waals surface area contributed by atoms with E-state index in [4.69, 9.17) is 9.57 Å². The van der Waals surface area contributed by atoms with Crippen LogP contribution in [0, 0.1) is 0 Å². The number of nitrogens with zero attached hydrogens (tertiary/aromatic N) is 1. The molecule has 0 spiro atoms. The number of nitrogens with one attached hydrogen (secondary N) is 1. The van der Waals surface area contributed by atoms with E-state index in [1.807, 2.05) is 38.2 Å². The zero-order valence-electron chi connectivity index (χ0n) is 9.49. The lowest BCUT2D eigenvalue weighted by atomic mass is 10.2. The van der Waals surface area contributed by atoms with Gasteiger partial charge in [0.25, 0.3) is 0 Å². The molecule has 15 heavy (non-hydrogen) atoms.